The van der Waals surface area contributed by atoms with Crippen LogP contribution < -0.4 is 5.32 Å². The molecule has 6 heteroatoms. The van der Waals surface area contributed by atoms with Gasteiger partial charge in [-0.05, 0) is 6.42 Å². The van der Waals surface area contributed by atoms with Gasteiger partial charge in [0.05, 0.1) is 0 Å². The van der Waals surface area contributed by atoms with E-state index in [2.05, 4.69) is 32.6 Å². The van der Waals surface area contributed by atoms with Crippen molar-refractivity contribution in [3.05, 3.63) is 52.1 Å². The highest BCUT2D eigenvalue weighted by atomic mass is 32.1. The highest BCUT2D eigenvalue weighted by molar-refractivity contribution is 7.11. The van der Waals surface area contributed by atoms with Gasteiger partial charge < -0.3 is 5.32 Å². The summed E-state index contributed by atoms with van der Waals surface area (Å²) in [5, 5.41) is 15.7. The smallest absolute Gasteiger partial charge is 0.117 e. The molecule has 2 aromatic heterocycles. The normalized spacial score (nSPS) is 10.9. The maximum Gasteiger partial charge on any atom is 0.117 e. The fourth-order valence-electron chi connectivity index (χ4n) is 2.08. The van der Waals surface area contributed by atoms with Crippen LogP contribution in [0.1, 0.15) is 22.5 Å². The van der Waals surface area contributed by atoms with E-state index in [1.165, 1.54) is 4.88 Å². The van der Waals surface area contributed by atoms with Gasteiger partial charge in [-0.3, -0.25) is 0 Å². The van der Waals surface area contributed by atoms with Gasteiger partial charge in [0.15, 0.2) is 0 Å². The summed E-state index contributed by atoms with van der Waals surface area (Å²) < 4.78 is 0. The van der Waals surface area contributed by atoms with Crippen LogP contribution in [0, 0.1) is 0 Å². The molecular weight excluding hydrogens is 282 g/mol. The monoisotopic (exact) mass is 299 g/mol. The van der Waals surface area contributed by atoms with Crippen molar-refractivity contribution in [3.63, 3.8) is 0 Å². The van der Waals surface area contributed by atoms with E-state index in [0.717, 1.165) is 34.9 Å². The Bertz CT molecular complexity index is 689. The molecule has 3 rings (SSSR count). The Balaban J connectivity index is 1.62. The van der Waals surface area contributed by atoms with E-state index < -0.39 is 0 Å². The summed E-state index contributed by atoms with van der Waals surface area (Å²) in [5.41, 5.74) is 2.90. The third-order valence-corrected chi connectivity index (χ3v) is 4.33. The van der Waals surface area contributed by atoms with Gasteiger partial charge >= 0.3 is 0 Å². The average Bonchev–Trinajstić information content (AvgIpc) is 3.17. The van der Waals surface area contributed by atoms with Crippen LogP contribution in [0.4, 0.5) is 0 Å². The van der Waals surface area contributed by atoms with Gasteiger partial charge in [0.25, 0.3) is 0 Å². The molecule has 0 unspecified atom stereocenters. The van der Waals surface area contributed by atoms with Crippen LogP contribution in [0.3, 0.4) is 0 Å². The summed E-state index contributed by atoms with van der Waals surface area (Å²) in [6.45, 7) is 3.57. The maximum absolute atomic E-state index is 4.40. The minimum absolute atomic E-state index is 0.668. The third-order valence-electron chi connectivity index (χ3n) is 3.19. The zero-order chi connectivity index (χ0) is 14.5. The molecule has 2 N–H and O–H groups in total. The highest BCUT2D eigenvalue weighted by Gasteiger charge is 2.09. The number of hydrogen-bond acceptors (Lipinski definition) is 5. The summed E-state index contributed by atoms with van der Waals surface area (Å²) in [4.78, 5) is 5.72. The van der Waals surface area contributed by atoms with Crippen molar-refractivity contribution in [2.75, 3.05) is 0 Å². The quantitative estimate of drug-likeness (QED) is 0.734. The Kier molecular flexibility index (Phi) is 4.37. The van der Waals surface area contributed by atoms with Gasteiger partial charge in [-0.15, -0.1) is 11.3 Å². The van der Waals surface area contributed by atoms with Crippen molar-refractivity contribution in [3.8, 4) is 11.3 Å². The molecule has 2 heterocycles. The lowest BCUT2D eigenvalue weighted by molar-refractivity contribution is 0.675. The van der Waals surface area contributed by atoms with Crippen molar-refractivity contribution in [1.29, 1.82) is 0 Å². The Morgan fingerprint density at radius 2 is 2.00 bits per heavy atom. The zero-order valence-electron chi connectivity index (χ0n) is 11.8. The molecule has 0 aliphatic carbocycles. The molecule has 0 atom stereocenters. The van der Waals surface area contributed by atoms with Crippen molar-refractivity contribution >= 4 is 11.3 Å². The van der Waals surface area contributed by atoms with E-state index in [1.54, 1.807) is 11.3 Å². The number of hydrogen-bond donors (Lipinski definition) is 2. The van der Waals surface area contributed by atoms with Crippen LogP contribution in [0.5, 0.6) is 0 Å². The fraction of sp³-hybridized carbons (Fsp3) is 0.267. The first-order chi connectivity index (χ1) is 10.4. The summed E-state index contributed by atoms with van der Waals surface area (Å²) >= 11 is 1.75. The van der Waals surface area contributed by atoms with E-state index in [-0.39, 0.29) is 0 Å². The standard InChI is InChI=1S/C15H17N5S/c1-2-12-8-17-14(21-12)10-16-9-13-15(19-20-18-13)11-6-4-3-5-7-11/h3-8,16H,2,9-10H2,1H3,(H,18,19,20). The Morgan fingerprint density at radius 3 is 2.76 bits per heavy atom. The predicted octanol–water partition coefficient (Wildman–Crippen LogP) is 2.78. The number of benzene rings is 1. The number of aryl methyl sites for hydroxylation is 1. The molecule has 0 radical (unpaired) electrons. The van der Waals surface area contributed by atoms with Gasteiger partial charge in [0.2, 0.25) is 0 Å². The number of aromatic amines is 1. The second kappa shape index (κ2) is 6.60. The Labute approximate surface area is 127 Å². The minimum atomic E-state index is 0.668. The molecule has 0 aliphatic heterocycles. The molecule has 0 fully saturated rings. The zero-order valence-corrected chi connectivity index (χ0v) is 12.7. The lowest BCUT2D eigenvalue weighted by atomic mass is 10.1. The van der Waals surface area contributed by atoms with E-state index >= 15 is 0 Å². The first-order valence-electron chi connectivity index (χ1n) is 6.96. The molecule has 5 nitrogen and oxygen atoms in total. The van der Waals surface area contributed by atoms with Crippen LogP contribution >= 0.6 is 11.3 Å². The molecule has 0 bridgehead atoms. The summed E-state index contributed by atoms with van der Waals surface area (Å²) in [7, 11) is 0. The second-order valence-electron chi connectivity index (χ2n) is 4.66. The first-order valence-corrected chi connectivity index (χ1v) is 7.78. The molecule has 0 saturated heterocycles. The second-order valence-corrected chi connectivity index (χ2v) is 5.86. The van der Waals surface area contributed by atoms with Crippen molar-refractivity contribution in [1.82, 2.24) is 25.7 Å². The van der Waals surface area contributed by atoms with E-state index in [1.807, 2.05) is 36.5 Å². The molecule has 108 valence electrons. The predicted molar refractivity (Wildman–Crippen MR) is 83.9 cm³/mol. The van der Waals surface area contributed by atoms with Crippen molar-refractivity contribution in [2.24, 2.45) is 0 Å². The summed E-state index contributed by atoms with van der Waals surface area (Å²) in [5.74, 6) is 0. The number of aromatic nitrogens is 4. The fourth-order valence-corrected chi connectivity index (χ4v) is 2.92. The van der Waals surface area contributed by atoms with Gasteiger partial charge in [-0.2, -0.15) is 15.4 Å². The molecule has 21 heavy (non-hydrogen) atoms. The highest BCUT2D eigenvalue weighted by Crippen LogP contribution is 2.19. The van der Waals surface area contributed by atoms with E-state index in [4.69, 9.17) is 0 Å². The SMILES string of the molecule is CCc1cnc(CNCc2n[nH]nc2-c2ccccc2)s1. The lowest BCUT2D eigenvalue weighted by Gasteiger charge is -2.02. The van der Waals surface area contributed by atoms with Crippen LogP contribution in [-0.2, 0) is 19.5 Å². The molecule has 1 aromatic carbocycles. The largest absolute Gasteiger partial charge is 0.305 e. The number of nitrogens with zero attached hydrogens (tertiary/aromatic N) is 3. The minimum Gasteiger partial charge on any atom is -0.305 e. The van der Waals surface area contributed by atoms with Gasteiger partial charge in [0, 0.05) is 29.7 Å². The number of nitrogens with one attached hydrogen (secondary N) is 2. The van der Waals surface area contributed by atoms with Gasteiger partial charge in [0.1, 0.15) is 16.4 Å². The first kappa shape index (κ1) is 13.9. The van der Waals surface area contributed by atoms with Crippen molar-refractivity contribution in [2.45, 2.75) is 26.4 Å². The number of thiazole rings is 1. The summed E-state index contributed by atoms with van der Waals surface area (Å²) in [6.07, 6.45) is 2.99. The molecule has 0 spiro atoms. The molecule has 0 amide bonds. The number of rotatable bonds is 6. The molecule has 0 aliphatic rings. The Hall–Kier alpha value is -2.05. The Morgan fingerprint density at radius 1 is 1.14 bits per heavy atom. The molecular formula is C15H17N5S. The lowest BCUT2D eigenvalue weighted by Crippen LogP contribution is -2.13. The third kappa shape index (κ3) is 3.34. The van der Waals surface area contributed by atoms with Crippen molar-refractivity contribution < 1.29 is 0 Å². The topological polar surface area (TPSA) is 66.5 Å². The van der Waals surface area contributed by atoms with Gasteiger partial charge in [-0.25, -0.2) is 4.98 Å². The number of H-pyrrole nitrogens is 1. The molecule has 0 saturated carbocycles. The van der Waals surface area contributed by atoms with Crippen LogP contribution in [0.25, 0.3) is 11.3 Å². The van der Waals surface area contributed by atoms with Crippen LogP contribution in [0.2, 0.25) is 0 Å². The van der Waals surface area contributed by atoms with Crippen LogP contribution in [-0.4, -0.2) is 20.4 Å². The van der Waals surface area contributed by atoms with E-state index in [0.29, 0.717) is 6.54 Å². The summed E-state index contributed by atoms with van der Waals surface area (Å²) in [6, 6.07) is 10.1. The van der Waals surface area contributed by atoms with E-state index in [9.17, 15) is 0 Å². The maximum atomic E-state index is 4.40. The van der Waals surface area contributed by atoms with Gasteiger partial charge in [-0.1, -0.05) is 37.3 Å². The molecule has 3 aromatic rings. The van der Waals surface area contributed by atoms with Crippen LogP contribution in [0.15, 0.2) is 36.5 Å². The average molecular weight is 299 g/mol.